The largest absolute Gasteiger partial charge is 0.497 e. The van der Waals surface area contributed by atoms with Crippen LogP contribution < -0.4 is 15.0 Å². The van der Waals surface area contributed by atoms with Crippen molar-refractivity contribution in [2.75, 3.05) is 23.9 Å². The summed E-state index contributed by atoms with van der Waals surface area (Å²) < 4.78 is 18.3. The molecular formula is C26H23ClFN3O4. The third-order valence-corrected chi connectivity index (χ3v) is 5.93. The Balaban J connectivity index is 1.55. The molecule has 0 spiro atoms. The van der Waals surface area contributed by atoms with Gasteiger partial charge in [-0.1, -0.05) is 29.8 Å². The van der Waals surface area contributed by atoms with Crippen molar-refractivity contribution in [1.82, 2.24) is 4.90 Å². The van der Waals surface area contributed by atoms with Gasteiger partial charge in [-0.3, -0.25) is 9.59 Å². The first-order chi connectivity index (χ1) is 16.9. The molecule has 180 valence electrons. The zero-order valence-corrected chi connectivity index (χ0v) is 19.7. The number of urea groups is 1. The van der Waals surface area contributed by atoms with Crippen molar-refractivity contribution in [2.45, 2.75) is 18.9 Å². The van der Waals surface area contributed by atoms with Crippen LogP contribution in [0.25, 0.3) is 0 Å². The lowest BCUT2D eigenvalue weighted by Crippen LogP contribution is -2.39. The molecule has 1 aliphatic rings. The fourth-order valence-electron chi connectivity index (χ4n) is 3.90. The Labute approximate surface area is 207 Å². The van der Waals surface area contributed by atoms with E-state index < -0.39 is 29.7 Å². The summed E-state index contributed by atoms with van der Waals surface area (Å²) in [5, 5.41) is 3.03. The molecule has 35 heavy (non-hydrogen) atoms. The summed E-state index contributed by atoms with van der Waals surface area (Å²) in [5.41, 5.74) is 1.68. The number of carbonyl (C=O) groups excluding carboxylic acids is 3. The van der Waals surface area contributed by atoms with Gasteiger partial charge in [0.1, 0.15) is 17.6 Å². The minimum absolute atomic E-state index is 0.225. The quantitative estimate of drug-likeness (QED) is 0.451. The average molecular weight is 496 g/mol. The summed E-state index contributed by atoms with van der Waals surface area (Å²) in [4.78, 5) is 41.9. The molecule has 0 bridgehead atoms. The van der Waals surface area contributed by atoms with Crippen molar-refractivity contribution in [2.24, 2.45) is 0 Å². The smallest absolute Gasteiger partial charge is 0.332 e. The third-order valence-electron chi connectivity index (χ3n) is 5.69. The molecule has 1 N–H and O–H groups in total. The van der Waals surface area contributed by atoms with Crippen molar-refractivity contribution < 1.29 is 23.5 Å². The number of carbonyl (C=O) groups is 3. The molecule has 0 saturated carbocycles. The predicted molar refractivity (Wildman–Crippen MR) is 131 cm³/mol. The molecule has 1 atom stereocenters. The molecule has 4 rings (SSSR count). The zero-order valence-electron chi connectivity index (χ0n) is 18.9. The van der Waals surface area contributed by atoms with Crippen LogP contribution >= 0.6 is 11.6 Å². The van der Waals surface area contributed by atoms with Crippen LogP contribution in [0.5, 0.6) is 5.75 Å². The first kappa shape index (κ1) is 24.2. The molecule has 1 heterocycles. The SMILES string of the molecule is COc1ccc(CCN2C(=O)N(c3cccc(Cl)c3)C(=O)[C@@H]2CC(=O)Nc2ccc(F)cc2)cc1. The number of amides is 4. The van der Waals surface area contributed by atoms with Gasteiger partial charge >= 0.3 is 6.03 Å². The van der Waals surface area contributed by atoms with E-state index >= 15 is 0 Å². The van der Waals surface area contributed by atoms with Crippen molar-refractivity contribution >= 4 is 40.8 Å². The molecule has 0 unspecified atom stereocenters. The average Bonchev–Trinajstić information content (AvgIpc) is 3.08. The number of nitrogens with zero attached hydrogens (tertiary/aromatic N) is 2. The van der Waals surface area contributed by atoms with E-state index in [4.69, 9.17) is 16.3 Å². The monoisotopic (exact) mass is 495 g/mol. The van der Waals surface area contributed by atoms with E-state index in [0.29, 0.717) is 28.6 Å². The molecule has 0 radical (unpaired) electrons. The highest BCUT2D eigenvalue weighted by Crippen LogP contribution is 2.29. The van der Waals surface area contributed by atoms with Crippen molar-refractivity contribution in [3.63, 3.8) is 0 Å². The summed E-state index contributed by atoms with van der Waals surface area (Å²) in [6.45, 7) is 0.225. The molecule has 7 nitrogen and oxygen atoms in total. The van der Waals surface area contributed by atoms with Crippen LogP contribution in [-0.4, -0.2) is 42.4 Å². The summed E-state index contributed by atoms with van der Waals surface area (Å²) >= 11 is 6.08. The van der Waals surface area contributed by atoms with E-state index in [0.717, 1.165) is 10.5 Å². The van der Waals surface area contributed by atoms with Crippen LogP contribution in [0.3, 0.4) is 0 Å². The highest BCUT2D eigenvalue weighted by Gasteiger charge is 2.46. The van der Waals surface area contributed by atoms with Gasteiger partial charge in [0.15, 0.2) is 0 Å². The number of benzene rings is 3. The molecule has 1 fully saturated rings. The lowest BCUT2D eigenvalue weighted by Gasteiger charge is -2.21. The number of halogens is 2. The Hall–Kier alpha value is -3.91. The maximum atomic E-state index is 13.3. The Morgan fingerprint density at radius 2 is 1.77 bits per heavy atom. The number of imide groups is 1. The first-order valence-electron chi connectivity index (χ1n) is 10.9. The highest BCUT2D eigenvalue weighted by atomic mass is 35.5. The summed E-state index contributed by atoms with van der Waals surface area (Å²) in [5.74, 6) is -0.698. The van der Waals surface area contributed by atoms with Gasteiger partial charge in [-0.2, -0.15) is 0 Å². The second-order valence-corrected chi connectivity index (χ2v) is 8.44. The van der Waals surface area contributed by atoms with Gasteiger partial charge in [0, 0.05) is 17.3 Å². The number of nitrogens with one attached hydrogen (secondary N) is 1. The predicted octanol–water partition coefficient (Wildman–Crippen LogP) is 4.90. The Kier molecular flexibility index (Phi) is 7.31. The molecule has 0 aromatic heterocycles. The van der Waals surface area contributed by atoms with E-state index in [1.165, 1.54) is 35.2 Å². The molecule has 3 aromatic carbocycles. The fourth-order valence-corrected chi connectivity index (χ4v) is 4.09. The zero-order chi connectivity index (χ0) is 24.9. The lowest BCUT2D eigenvalue weighted by atomic mass is 10.1. The molecule has 0 aliphatic carbocycles. The number of rotatable bonds is 8. The normalized spacial score (nSPS) is 15.5. The molecule has 3 aromatic rings. The molecule has 1 saturated heterocycles. The first-order valence-corrected chi connectivity index (χ1v) is 11.3. The van der Waals surface area contributed by atoms with E-state index in [2.05, 4.69) is 5.32 Å². The number of anilines is 2. The van der Waals surface area contributed by atoms with Gasteiger partial charge in [-0.15, -0.1) is 0 Å². The highest BCUT2D eigenvalue weighted by molar-refractivity contribution is 6.31. The van der Waals surface area contributed by atoms with Gasteiger partial charge in [0.25, 0.3) is 5.91 Å². The van der Waals surface area contributed by atoms with Crippen molar-refractivity contribution in [1.29, 1.82) is 0 Å². The van der Waals surface area contributed by atoms with Crippen LogP contribution in [0.2, 0.25) is 5.02 Å². The molecule has 4 amide bonds. The maximum absolute atomic E-state index is 13.3. The van der Waals surface area contributed by atoms with Crippen LogP contribution in [0.15, 0.2) is 72.8 Å². The Bertz CT molecular complexity index is 1230. The topological polar surface area (TPSA) is 79.0 Å². The number of methoxy groups -OCH3 is 1. The van der Waals surface area contributed by atoms with E-state index in [1.807, 2.05) is 24.3 Å². The Morgan fingerprint density at radius 1 is 1.06 bits per heavy atom. The van der Waals surface area contributed by atoms with Crippen LogP contribution in [0, 0.1) is 5.82 Å². The second-order valence-electron chi connectivity index (χ2n) is 8.00. The van der Waals surface area contributed by atoms with Gasteiger partial charge in [-0.05, 0) is 66.6 Å². The van der Waals surface area contributed by atoms with E-state index in [9.17, 15) is 18.8 Å². The number of hydrogen-bond acceptors (Lipinski definition) is 4. The van der Waals surface area contributed by atoms with E-state index in [-0.39, 0.29) is 13.0 Å². The third kappa shape index (κ3) is 5.60. The fraction of sp³-hybridized carbons (Fsp3) is 0.192. The van der Waals surface area contributed by atoms with Crippen LogP contribution in [0.1, 0.15) is 12.0 Å². The van der Waals surface area contributed by atoms with Crippen LogP contribution in [0.4, 0.5) is 20.6 Å². The number of ether oxygens (including phenoxy) is 1. The summed E-state index contributed by atoms with van der Waals surface area (Å²) in [6, 6.07) is 17.6. The summed E-state index contributed by atoms with van der Waals surface area (Å²) in [6.07, 6.45) is 0.226. The van der Waals surface area contributed by atoms with Gasteiger partial charge in [0.05, 0.1) is 19.2 Å². The van der Waals surface area contributed by atoms with Gasteiger partial charge < -0.3 is 15.0 Å². The number of hydrogen-bond donors (Lipinski definition) is 1. The van der Waals surface area contributed by atoms with Crippen molar-refractivity contribution in [3.8, 4) is 5.75 Å². The van der Waals surface area contributed by atoms with E-state index in [1.54, 1.807) is 25.3 Å². The molecule has 1 aliphatic heterocycles. The minimum Gasteiger partial charge on any atom is -0.497 e. The second kappa shape index (κ2) is 10.6. The van der Waals surface area contributed by atoms with Gasteiger partial charge in [-0.25, -0.2) is 14.1 Å². The Morgan fingerprint density at radius 3 is 2.43 bits per heavy atom. The standard InChI is InChI=1S/C26H23ClFN3O4/c1-35-22-11-5-17(6-12-22)13-14-30-23(16-24(32)29-20-9-7-19(28)8-10-20)25(33)31(26(30)34)21-4-2-3-18(27)15-21/h2-12,15,23H,13-14,16H2,1H3,(H,29,32)/t23-/m0/s1. The minimum atomic E-state index is -1.000. The molecular weight excluding hydrogens is 473 g/mol. The molecule has 9 heteroatoms. The summed E-state index contributed by atoms with van der Waals surface area (Å²) in [7, 11) is 1.58. The van der Waals surface area contributed by atoms with Crippen LogP contribution in [-0.2, 0) is 16.0 Å². The van der Waals surface area contributed by atoms with Crippen molar-refractivity contribution in [3.05, 3.63) is 89.2 Å². The maximum Gasteiger partial charge on any atom is 0.332 e. The lowest BCUT2D eigenvalue weighted by molar-refractivity contribution is -0.124. The van der Waals surface area contributed by atoms with Gasteiger partial charge in [0.2, 0.25) is 5.91 Å².